The second-order valence-electron chi connectivity index (χ2n) is 10.9. The zero-order valence-corrected chi connectivity index (χ0v) is 23.7. The highest BCUT2D eigenvalue weighted by atomic mass is 32.2. The average Bonchev–Trinajstić information content (AvgIpc) is 3.67. The number of alkyl halides is 2. The summed E-state index contributed by atoms with van der Waals surface area (Å²) < 4.78 is 51.9. The molecule has 0 amide bonds. The number of halogens is 2. The molecule has 0 aliphatic carbocycles. The van der Waals surface area contributed by atoms with Gasteiger partial charge in [-0.25, -0.2) is 22.6 Å². The highest BCUT2D eigenvalue weighted by Gasteiger charge is 2.44. The van der Waals surface area contributed by atoms with Crippen LogP contribution in [0.1, 0.15) is 24.2 Å². The summed E-state index contributed by atoms with van der Waals surface area (Å²) in [5.74, 6) is 0.841. The van der Waals surface area contributed by atoms with Crippen LogP contribution in [0.3, 0.4) is 0 Å². The quantitative estimate of drug-likeness (QED) is 0.274. The van der Waals surface area contributed by atoms with Crippen LogP contribution in [0.5, 0.6) is 0 Å². The van der Waals surface area contributed by atoms with Gasteiger partial charge in [0.15, 0.2) is 9.84 Å². The van der Waals surface area contributed by atoms with Gasteiger partial charge in [0.25, 0.3) is 0 Å². The Kier molecular flexibility index (Phi) is 6.44. The second kappa shape index (κ2) is 10.2. The Morgan fingerprint density at radius 3 is 2.42 bits per heavy atom. The number of hydrogen-bond acceptors (Lipinski definition) is 9. The van der Waals surface area contributed by atoms with E-state index in [1.807, 2.05) is 18.2 Å². The van der Waals surface area contributed by atoms with Crippen molar-refractivity contribution in [3.8, 4) is 28.3 Å². The van der Waals surface area contributed by atoms with Crippen LogP contribution in [0.25, 0.3) is 27.8 Å². The fraction of sp³-hybridized carbons (Fsp3) is 0.276. The van der Waals surface area contributed by atoms with Crippen molar-refractivity contribution in [2.45, 2.75) is 36.5 Å². The van der Waals surface area contributed by atoms with Gasteiger partial charge in [-0.15, -0.1) is 0 Å². The highest BCUT2D eigenvalue weighted by Crippen LogP contribution is 2.37. The van der Waals surface area contributed by atoms with Gasteiger partial charge in [-0.3, -0.25) is 9.88 Å². The van der Waals surface area contributed by atoms with Crippen molar-refractivity contribution in [3.05, 3.63) is 78.8 Å². The molecule has 11 nitrogen and oxygen atoms in total. The van der Waals surface area contributed by atoms with Crippen LogP contribution >= 0.6 is 0 Å². The molecule has 8 heterocycles. The lowest BCUT2D eigenvalue weighted by atomic mass is 9.87. The number of sulfone groups is 1. The lowest BCUT2D eigenvalue weighted by Crippen LogP contribution is -2.68. The molecule has 0 spiro atoms. The molecule has 218 valence electrons. The minimum Gasteiger partial charge on any atom is -0.353 e. The molecule has 0 saturated carbocycles. The van der Waals surface area contributed by atoms with Gasteiger partial charge in [0.1, 0.15) is 11.9 Å². The smallest absolute Gasteiger partial charge is 0.333 e. The number of piperazine rings is 1. The molecule has 0 aromatic carbocycles. The van der Waals surface area contributed by atoms with Gasteiger partial charge in [0.05, 0.1) is 34.1 Å². The molecule has 2 bridgehead atoms. The Morgan fingerprint density at radius 1 is 0.977 bits per heavy atom. The minimum absolute atomic E-state index is 0.216. The van der Waals surface area contributed by atoms with Gasteiger partial charge in [-0.2, -0.15) is 24.2 Å². The molecule has 2 unspecified atom stereocenters. The van der Waals surface area contributed by atoms with Gasteiger partial charge < -0.3 is 4.90 Å². The summed E-state index contributed by atoms with van der Waals surface area (Å²) in [7, 11) is -3.28. The molecular weight excluding hydrogens is 576 g/mol. The lowest BCUT2D eigenvalue weighted by molar-refractivity contribution is -0.00969. The zero-order chi connectivity index (χ0) is 29.9. The van der Waals surface area contributed by atoms with Crippen LogP contribution in [0, 0.1) is 11.3 Å². The molecule has 3 aliphatic rings. The van der Waals surface area contributed by atoms with Gasteiger partial charge in [0.2, 0.25) is 0 Å². The largest absolute Gasteiger partial charge is 0.353 e. The highest BCUT2D eigenvalue weighted by molar-refractivity contribution is 7.90. The van der Waals surface area contributed by atoms with E-state index in [9.17, 15) is 22.5 Å². The van der Waals surface area contributed by atoms with E-state index in [-0.39, 0.29) is 4.90 Å². The number of anilines is 1. The summed E-state index contributed by atoms with van der Waals surface area (Å²) in [5.41, 5.74) is 4.44. The van der Waals surface area contributed by atoms with Crippen LogP contribution in [0.4, 0.5) is 14.6 Å². The van der Waals surface area contributed by atoms with E-state index in [0.29, 0.717) is 51.1 Å². The van der Waals surface area contributed by atoms with E-state index in [0.717, 1.165) is 36.6 Å². The fourth-order valence-electron chi connectivity index (χ4n) is 5.95. The zero-order valence-electron chi connectivity index (χ0n) is 22.9. The summed E-state index contributed by atoms with van der Waals surface area (Å²) >= 11 is 0. The van der Waals surface area contributed by atoms with Gasteiger partial charge >= 0.3 is 6.55 Å². The summed E-state index contributed by atoms with van der Waals surface area (Å²) in [5, 5.41) is 17.8. The molecule has 3 aliphatic heterocycles. The van der Waals surface area contributed by atoms with Crippen molar-refractivity contribution in [2.24, 2.45) is 0 Å². The SMILES string of the molecule is CS(=O)(=O)c1ccc(CN2C3CC2CN(c2ccc(-c4cc(-c5cnn(C(F)F)c5)cn5ncc(C#N)c45)cn2)C3)nc1. The first-order valence-electron chi connectivity index (χ1n) is 13.5. The Bertz CT molecular complexity index is 1970. The summed E-state index contributed by atoms with van der Waals surface area (Å²) in [6.07, 6.45) is 11.3. The number of nitrogens with zero attached hydrogens (tertiary/aromatic N) is 9. The molecular formula is C29H25F2N9O2S. The molecule has 14 heteroatoms. The van der Waals surface area contributed by atoms with Crippen LogP contribution in [-0.4, -0.2) is 74.1 Å². The molecule has 43 heavy (non-hydrogen) atoms. The number of pyridine rings is 3. The second-order valence-corrected chi connectivity index (χ2v) is 12.9. The van der Waals surface area contributed by atoms with Gasteiger partial charge in [-0.1, -0.05) is 0 Å². The van der Waals surface area contributed by atoms with Crippen molar-refractivity contribution in [3.63, 3.8) is 0 Å². The molecule has 5 aromatic rings. The molecule has 2 atom stereocenters. The molecule has 5 aromatic heterocycles. The monoisotopic (exact) mass is 601 g/mol. The van der Waals surface area contributed by atoms with E-state index >= 15 is 0 Å². The summed E-state index contributed by atoms with van der Waals surface area (Å²) in [6.45, 7) is -0.477. The lowest BCUT2D eigenvalue weighted by Gasteiger charge is -2.56. The van der Waals surface area contributed by atoms with E-state index in [1.54, 1.807) is 29.0 Å². The number of rotatable bonds is 7. The topological polar surface area (TPSA) is 125 Å². The molecule has 3 fully saturated rings. The summed E-state index contributed by atoms with van der Waals surface area (Å²) in [4.78, 5) is 14.0. The van der Waals surface area contributed by atoms with E-state index in [4.69, 9.17) is 4.98 Å². The molecule has 0 radical (unpaired) electrons. The van der Waals surface area contributed by atoms with Crippen molar-refractivity contribution in [2.75, 3.05) is 24.2 Å². The van der Waals surface area contributed by atoms with Gasteiger partial charge in [0, 0.05) is 85.0 Å². The van der Waals surface area contributed by atoms with Crippen LogP contribution in [0.15, 0.2) is 72.4 Å². The molecule has 0 N–H and O–H groups in total. The first kappa shape index (κ1) is 27.1. The molecule has 8 rings (SSSR count). The first-order valence-corrected chi connectivity index (χ1v) is 15.4. The Hall–Kier alpha value is -4.74. The van der Waals surface area contributed by atoms with Crippen molar-refractivity contribution in [1.82, 2.24) is 34.3 Å². The number of piperidine rings is 1. The maximum Gasteiger partial charge on any atom is 0.333 e. The number of aromatic nitrogens is 6. The van der Waals surface area contributed by atoms with E-state index in [1.165, 1.54) is 31.0 Å². The Balaban J connectivity index is 1.11. The fourth-order valence-corrected chi connectivity index (χ4v) is 6.51. The maximum atomic E-state index is 13.1. The van der Waals surface area contributed by atoms with Crippen molar-refractivity contribution >= 4 is 21.2 Å². The van der Waals surface area contributed by atoms with E-state index in [2.05, 4.69) is 31.1 Å². The van der Waals surface area contributed by atoms with Crippen molar-refractivity contribution < 1.29 is 17.2 Å². The van der Waals surface area contributed by atoms with E-state index < -0.39 is 16.4 Å². The van der Waals surface area contributed by atoms with Crippen LogP contribution in [0.2, 0.25) is 0 Å². The van der Waals surface area contributed by atoms with Crippen molar-refractivity contribution in [1.29, 1.82) is 5.26 Å². The number of nitriles is 1. The van der Waals surface area contributed by atoms with Crippen LogP contribution in [-0.2, 0) is 16.4 Å². The Labute approximate surface area is 245 Å². The minimum atomic E-state index is -3.28. The number of fused-ring (bicyclic) bond motifs is 3. The predicted octanol–water partition coefficient (Wildman–Crippen LogP) is 3.79. The van der Waals surface area contributed by atoms with Crippen LogP contribution < -0.4 is 4.90 Å². The normalized spacial score (nSPS) is 18.6. The molecule has 3 saturated heterocycles. The third kappa shape index (κ3) is 4.90. The standard InChI is InChI=1S/C29H25F2N9O2S/c1-43(41,42)25-4-3-22(33-12-25)15-38-23-7-24(38)17-37(16-23)27-5-2-18(9-34-27)26-6-19(21-11-36-40(14-21)29(30)31)13-39-28(26)20(8-32)10-35-39/h2-6,9-14,23-24,29H,7,15-17H2,1H3. The predicted molar refractivity (Wildman–Crippen MR) is 153 cm³/mol. The first-order chi connectivity index (χ1) is 20.7. The number of hydrogen-bond donors (Lipinski definition) is 0. The summed E-state index contributed by atoms with van der Waals surface area (Å²) in [6, 6.07) is 12.0. The van der Waals surface area contributed by atoms with Gasteiger partial charge in [-0.05, 0) is 36.8 Å². The Morgan fingerprint density at radius 2 is 1.79 bits per heavy atom. The maximum absolute atomic E-state index is 13.1. The average molecular weight is 602 g/mol. The third-order valence-electron chi connectivity index (χ3n) is 8.16. The third-order valence-corrected chi connectivity index (χ3v) is 9.26.